The number of halogens is 1. The van der Waals surface area contributed by atoms with Crippen molar-refractivity contribution in [3.8, 4) is 5.69 Å². The van der Waals surface area contributed by atoms with Gasteiger partial charge in [0, 0.05) is 18.5 Å². The van der Waals surface area contributed by atoms with Gasteiger partial charge in [-0.15, -0.1) is 0 Å². The highest BCUT2D eigenvalue weighted by Crippen LogP contribution is 2.32. The Morgan fingerprint density at radius 1 is 0.870 bits per heavy atom. The zero-order valence-corrected chi connectivity index (χ0v) is 11.8. The molecule has 6 heteroatoms. The summed E-state index contributed by atoms with van der Waals surface area (Å²) in [5.41, 5.74) is 1.24. The number of hydrogen-bond acceptors (Lipinski definition) is 3. The molecule has 112 valence electrons. The largest absolute Gasteiger partial charge is 0.268 e. The molecule has 5 nitrogen and oxygen atoms in total. The van der Waals surface area contributed by atoms with Crippen LogP contribution in [0.3, 0.4) is 0 Å². The average molecular weight is 307 g/mol. The maximum absolute atomic E-state index is 13.7. The number of amides is 2. The third-order valence-corrected chi connectivity index (χ3v) is 3.72. The van der Waals surface area contributed by atoms with Crippen molar-refractivity contribution in [3.63, 3.8) is 0 Å². The number of hydrogen-bond donors (Lipinski definition) is 0. The Hall–Kier alpha value is -3.28. The first kappa shape index (κ1) is 13.4. The highest BCUT2D eigenvalue weighted by Gasteiger charge is 2.37. The van der Waals surface area contributed by atoms with Crippen molar-refractivity contribution in [3.05, 3.63) is 77.9 Å². The van der Waals surface area contributed by atoms with Gasteiger partial charge < -0.3 is 0 Å². The molecule has 0 spiro atoms. The molecule has 1 aliphatic rings. The Balaban J connectivity index is 1.91. The second kappa shape index (κ2) is 4.88. The van der Waals surface area contributed by atoms with Gasteiger partial charge in [-0.3, -0.25) is 9.59 Å². The fourth-order valence-corrected chi connectivity index (χ4v) is 2.69. The van der Waals surface area contributed by atoms with E-state index in [1.54, 1.807) is 42.7 Å². The molecule has 0 bridgehead atoms. The number of nitrogens with zero attached hydrogens (tertiary/aromatic N) is 3. The van der Waals surface area contributed by atoms with E-state index in [-0.39, 0.29) is 5.69 Å². The topological polar surface area (TPSA) is 55.2 Å². The van der Waals surface area contributed by atoms with E-state index in [1.807, 2.05) is 0 Å². The molecule has 0 atom stereocenters. The second-order valence-electron chi connectivity index (χ2n) is 5.07. The molecule has 0 fully saturated rings. The van der Waals surface area contributed by atoms with Crippen LogP contribution in [0.15, 0.2) is 60.9 Å². The van der Waals surface area contributed by atoms with Crippen LogP contribution in [-0.4, -0.2) is 21.6 Å². The number of carbonyl (C=O) groups excluding carboxylic acids is 2. The first-order valence-electron chi connectivity index (χ1n) is 6.94. The molecule has 2 amide bonds. The van der Waals surface area contributed by atoms with Crippen LogP contribution in [0.25, 0.3) is 5.69 Å². The maximum atomic E-state index is 13.7. The molecule has 4 rings (SSSR count). The maximum Gasteiger partial charge on any atom is 0.266 e. The lowest BCUT2D eigenvalue weighted by Crippen LogP contribution is -2.30. The van der Waals surface area contributed by atoms with Gasteiger partial charge in [-0.1, -0.05) is 12.1 Å². The third kappa shape index (κ3) is 1.96. The van der Waals surface area contributed by atoms with Crippen molar-refractivity contribution in [1.82, 2.24) is 9.78 Å². The van der Waals surface area contributed by atoms with Gasteiger partial charge in [-0.05, 0) is 30.3 Å². The van der Waals surface area contributed by atoms with Crippen LogP contribution in [0, 0.1) is 5.82 Å². The van der Waals surface area contributed by atoms with Crippen molar-refractivity contribution in [2.24, 2.45) is 0 Å². The van der Waals surface area contributed by atoms with Crippen LogP contribution in [0.5, 0.6) is 0 Å². The Kier molecular flexibility index (Phi) is 2.84. The van der Waals surface area contributed by atoms with E-state index in [1.165, 1.54) is 22.9 Å². The standard InChI is InChI=1S/C17H10FN3O2/c18-11-6-7-14(20-9-3-8-19-20)15(10-11)21-16(22)12-4-1-2-5-13(12)17(21)23/h1-10H. The summed E-state index contributed by atoms with van der Waals surface area (Å²) in [7, 11) is 0. The number of anilines is 1. The summed E-state index contributed by atoms with van der Waals surface area (Å²) < 4.78 is 15.2. The van der Waals surface area contributed by atoms with E-state index >= 15 is 0 Å². The van der Waals surface area contributed by atoms with E-state index in [0.717, 1.165) is 4.90 Å². The van der Waals surface area contributed by atoms with E-state index < -0.39 is 17.6 Å². The van der Waals surface area contributed by atoms with Crippen molar-refractivity contribution in [1.29, 1.82) is 0 Å². The van der Waals surface area contributed by atoms with Gasteiger partial charge in [-0.25, -0.2) is 14.0 Å². The molecule has 1 aromatic heterocycles. The first-order chi connectivity index (χ1) is 11.2. The molecule has 0 saturated carbocycles. The van der Waals surface area contributed by atoms with Crippen molar-refractivity contribution >= 4 is 17.5 Å². The van der Waals surface area contributed by atoms with Gasteiger partial charge in [0.15, 0.2) is 0 Å². The van der Waals surface area contributed by atoms with Crippen LogP contribution in [0.4, 0.5) is 10.1 Å². The van der Waals surface area contributed by atoms with Crippen molar-refractivity contribution in [2.45, 2.75) is 0 Å². The highest BCUT2D eigenvalue weighted by molar-refractivity contribution is 6.34. The van der Waals surface area contributed by atoms with E-state index in [0.29, 0.717) is 16.8 Å². The van der Waals surface area contributed by atoms with E-state index in [9.17, 15) is 14.0 Å². The quantitative estimate of drug-likeness (QED) is 0.684. The molecule has 2 aromatic carbocycles. The normalized spacial score (nSPS) is 13.5. The van der Waals surface area contributed by atoms with Crippen LogP contribution in [0.1, 0.15) is 20.7 Å². The molecule has 0 saturated heterocycles. The molecular weight excluding hydrogens is 297 g/mol. The third-order valence-electron chi connectivity index (χ3n) is 3.72. The molecule has 0 unspecified atom stereocenters. The van der Waals surface area contributed by atoms with E-state index in [2.05, 4.69) is 5.10 Å². The van der Waals surface area contributed by atoms with Crippen LogP contribution in [-0.2, 0) is 0 Å². The fourth-order valence-electron chi connectivity index (χ4n) is 2.69. The van der Waals surface area contributed by atoms with Crippen LogP contribution in [0.2, 0.25) is 0 Å². The van der Waals surface area contributed by atoms with Gasteiger partial charge in [-0.2, -0.15) is 5.10 Å². The zero-order chi connectivity index (χ0) is 16.0. The molecule has 23 heavy (non-hydrogen) atoms. The minimum absolute atomic E-state index is 0.167. The number of imide groups is 1. The Labute approximate surface area is 130 Å². The number of rotatable bonds is 2. The average Bonchev–Trinajstić information content (AvgIpc) is 3.16. The smallest absolute Gasteiger partial charge is 0.266 e. The zero-order valence-electron chi connectivity index (χ0n) is 11.8. The summed E-state index contributed by atoms with van der Waals surface area (Å²) in [6.07, 6.45) is 3.23. The van der Waals surface area contributed by atoms with Crippen LogP contribution < -0.4 is 4.90 Å². The molecule has 2 heterocycles. The summed E-state index contributed by atoms with van der Waals surface area (Å²) in [5, 5.41) is 4.09. The lowest BCUT2D eigenvalue weighted by molar-refractivity contribution is 0.0926. The Morgan fingerprint density at radius 3 is 2.17 bits per heavy atom. The Morgan fingerprint density at radius 2 is 1.57 bits per heavy atom. The Bertz CT molecular complexity index is 900. The van der Waals surface area contributed by atoms with Crippen molar-refractivity contribution in [2.75, 3.05) is 4.90 Å². The van der Waals surface area contributed by atoms with Gasteiger partial charge in [0.1, 0.15) is 5.82 Å². The summed E-state index contributed by atoms with van der Waals surface area (Å²) in [6, 6.07) is 12.2. The lowest BCUT2D eigenvalue weighted by atomic mass is 10.1. The SMILES string of the molecule is O=C1c2ccccc2C(=O)N1c1cc(F)ccc1-n1cccn1. The number of carbonyl (C=O) groups is 2. The molecule has 1 aliphatic heterocycles. The number of benzene rings is 2. The number of aromatic nitrogens is 2. The fraction of sp³-hybridized carbons (Fsp3) is 0. The summed E-state index contributed by atoms with van der Waals surface area (Å²) in [5.74, 6) is -1.47. The lowest BCUT2D eigenvalue weighted by Gasteiger charge is -2.18. The predicted molar refractivity (Wildman–Crippen MR) is 81.1 cm³/mol. The minimum atomic E-state index is -0.535. The van der Waals surface area contributed by atoms with Gasteiger partial charge >= 0.3 is 0 Å². The molecule has 0 radical (unpaired) electrons. The molecular formula is C17H10FN3O2. The minimum Gasteiger partial charge on any atom is -0.268 e. The first-order valence-corrected chi connectivity index (χ1v) is 6.94. The van der Waals surface area contributed by atoms with Crippen LogP contribution >= 0.6 is 0 Å². The summed E-state index contributed by atoms with van der Waals surface area (Å²) in [4.78, 5) is 26.2. The van der Waals surface area contributed by atoms with Crippen molar-refractivity contribution < 1.29 is 14.0 Å². The second-order valence-corrected chi connectivity index (χ2v) is 5.07. The van der Waals surface area contributed by atoms with Gasteiger partial charge in [0.05, 0.1) is 22.5 Å². The summed E-state index contributed by atoms with van der Waals surface area (Å²) in [6.45, 7) is 0. The highest BCUT2D eigenvalue weighted by atomic mass is 19.1. The molecule has 3 aromatic rings. The van der Waals surface area contributed by atoms with Gasteiger partial charge in [0.25, 0.3) is 11.8 Å². The predicted octanol–water partition coefficient (Wildman–Crippen LogP) is 2.81. The molecule has 0 aliphatic carbocycles. The molecule has 0 N–H and O–H groups in total. The van der Waals surface area contributed by atoms with E-state index in [4.69, 9.17) is 0 Å². The summed E-state index contributed by atoms with van der Waals surface area (Å²) >= 11 is 0. The monoisotopic (exact) mass is 307 g/mol. The van der Waals surface area contributed by atoms with Gasteiger partial charge in [0.2, 0.25) is 0 Å². The number of fused-ring (bicyclic) bond motifs is 1.